The highest BCUT2D eigenvalue weighted by Crippen LogP contribution is 2.15. The van der Waals surface area contributed by atoms with E-state index in [2.05, 4.69) is 4.98 Å². The maximum atomic E-state index is 12.0. The summed E-state index contributed by atoms with van der Waals surface area (Å²) in [5.41, 5.74) is 2.76. The number of rotatable bonds is 4. The molecule has 1 aromatic heterocycles. The average Bonchev–Trinajstić information content (AvgIpc) is 2.47. The van der Waals surface area contributed by atoms with Crippen molar-refractivity contribution in [3.63, 3.8) is 0 Å². The van der Waals surface area contributed by atoms with Crippen LogP contribution in [0.25, 0.3) is 0 Å². The molecule has 0 aliphatic carbocycles. The number of pyridine rings is 1. The fourth-order valence-electron chi connectivity index (χ4n) is 1.68. The first-order valence-corrected chi connectivity index (χ1v) is 6.20. The molecular weight excluding hydrogens is 252 g/mol. The van der Waals surface area contributed by atoms with Gasteiger partial charge in [0.25, 0.3) is 0 Å². The molecule has 0 saturated heterocycles. The van der Waals surface area contributed by atoms with Crippen molar-refractivity contribution in [3.05, 3.63) is 58.8 Å². The lowest BCUT2D eigenvalue weighted by atomic mass is 10.1. The van der Waals surface area contributed by atoms with Crippen LogP contribution in [0.5, 0.6) is 5.88 Å². The van der Waals surface area contributed by atoms with Gasteiger partial charge < -0.3 is 4.74 Å². The molecule has 0 radical (unpaired) electrons. The van der Waals surface area contributed by atoms with Gasteiger partial charge in [-0.15, -0.1) is 0 Å². The second-order valence-electron chi connectivity index (χ2n) is 4.51. The highest BCUT2D eigenvalue weighted by atomic mass is 16.5. The van der Waals surface area contributed by atoms with E-state index in [-0.39, 0.29) is 18.1 Å². The minimum absolute atomic E-state index is 0.0915. The molecule has 4 nitrogen and oxygen atoms in total. The van der Waals surface area contributed by atoms with E-state index in [0.717, 1.165) is 11.1 Å². The van der Waals surface area contributed by atoms with E-state index in [1.54, 1.807) is 24.3 Å². The number of nitrogens with zero attached hydrogens (tertiary/aromatic N) is 2. The van der Waals surface area contributed by atoms with Crippen LogP contribution in [0.15, 0.2) is 36.4 Å². The Hall–Kier alpha value is -2.67. The molecule has 0 unspecified atom stereocenters. The SMILES string of the molecule is Cc1ccc(C(=O)COc2nc(C#N)ccc2C)cc1. The zero-order valence-electron chi connectivity index (χ0n) is 11.4. The summed E-state index contributed by atoms with van der Waals surface area (Å²) in [5.74, 6) is 0.207. The van der Waals surface area contributed by atoms with E-state index in [1.165, 1.54) is 0 Å². The molecule has 20 heavy (non-hydrogen) atoms. The molecule has 0 fully saturated rings. The van der Waals surface area contributed by atoms with Gasteiger partial charge in [0.05, 0.1) is 0 Å². The Bertz CT molecular complexity index is 670. The summed E-state index contributed by atoms with van der Waals surface area (Å²) in [6.45, 7) is 3.69. The summed E-state index contributed by atoms with van der Waals surface area (Å²) in [6.07, 6.45) is 0. The zero-order chi connectivity index (χ0) is 14.5. The standard InChI is InChI=1S/C16H14N2O2/c1-11-3-6-13(7-4-11)15(19)10-20-16-12(2)5-8-14(9-17)18-16/h3-8H,10H2,1-2H3. The van der Waals surface area contributed by atoms with Gasteiger partial charge >= 0.3 is 0 Å². The molecule has 1 heterocycles. The van der Waals surface area contributed by atoms with Crippen LogP contribution in [-0.4, -0.2) is 17.4 Å². The van der Waals surface area contributed by atoms with Crippen molar-refractivity contribution in [2.75, 3.05) is 6.61 Å². The Morgan fingerprint density at radius 3 is 2.55 bits per heavy atom. The number of Topliss-reactive ketones (excluding diaryl/α,β-unsaturated/α-hetero) is 1. The highest BCUT2D eigenvalue weighted by molar-refractivity contribution is 5.97. The average molecular weight is 266 g/mol. The van der Waals surface area contributed by atoms with Crippen molar-refractivity contribution >= 4 is 5.78 Å². The number of carbonyl (C=O) groups is 1. The summed E-state index contributed by atoms with van der Waals surface area (Å²) in [7, 11) is 0. The van der Waals surface area contributed by atoms with Gasteiger partial charge in [0, 0.05) is 11.1 Å². The molecule has 0 amide bonds. The lowest BCUT2D eigenvalue weighted by molar-refractivity contribution is 0.0917. The number of ketones is 1. The van der Waals surface area contributed by atoms with Crippen LogP contribution in [-0.2, 0) is 0 Å². The lowest BCUT2D eigenvalue weighted by Gasteiger charge is -2.07. The van der Waals surface area contributed by atoms with Gasteiger partial charge in [0.15, 0.2) is 12.4 Å². The van der Waals surface area contributed by atoms with Gasteiger partial charge in [-0.05, 0) is 19.9 Å². The van der Waals surface area contributed by atoms with Crippen LogP contribution >= 0.6 is 0 Å². The van der Waals surface area contributed by atoms with Crippen molar-refractivity contribution in [2.24, 2.45) is 0 Å². The number of benzene rings is 1. The molecule has 0 N–H and O–H groups in total. The number of hydrogen-bond acceptors (Lipinski definition) is 4. The van der Waals surface area contributed by atoms with Gasteiger partial charge in [0.2, 0.25) is 5.88 Å². The Balaban J connectivity index is 2.07. The third-order valence-corrected chi connectivity index (χ3v) is 2.88. The topological polar surface area (TPSA) is 63.0 Å². The predicted molar refractivity (Wildman–Crippen MR) is 74.7 cm³/mol. The van der Waals surface area contributed by atoms with E-state index in [0.29, 0.717) is 11.4 Å². The summed E-state index contributed by atoms with van der Waals surface area (Å²) in [4.78, 5) is 16.0. The fraction of sp³-hybridized carbons (Fsp3) is 0.188. The fourth-order valence-corrected chi connectivity index (χ4v) is 1.68. The normalized spacial score (nSPS) is 9.85. The van der Waals surface area contributed by atoms with Crippen LogP contribution in [0.4, 0.5) is 0 Å². The molecular formula is C16H14N2O2. The molecule has 0 spiro atoms. The van der Waals surface area contributed by atoms with Crippen molar-refractivity contribution in [3.8, 4) is 11.9 Å². The van der Waals surface area contributed by atoms with E-state index in [9.17, 15) is 4.79 Å². The number of aromatic nitrogens is 1. The zero-order valence-corrected chi connectivity index (χ0v) is 11.4. The molecule has 0 aliphatic heterocycles. The summed E-state index contributed by atoms with van der Waals surface area (Å²) < 4.78 is 5.41. The van der Waals surface area contributed by atoms with Crippen molar-refractivity contribution < 1.29 is 9.53 Å². The number of nitriles is 1. The summed E-state index contributed by atoms with van der Waals surface area (Å²) in [5, 5.41) is 8.80. The third kappa shape index (κ3) is 3.21. The lowest BCUT2D eigenvalue weighted by Crippen LogP contribution is -2.13. The van der Waals surface area contributed by atoms with Gasteiger partial charge in [-0.25, -0.2) is 4.98 Å². The number of hydrogen-bond donors (Lipinski definition) is 0. The summed E-state index contributed by atoms with van der Waals surface area (Å²) in [6, 6.07) is 12.6. The van der Waals surface area contributed by atoms with Crippen molar-refractivity contribution in [2.45, 2.75) is 13.8 Å². The quantitative estimate of drug-likeness (QED) is 0.798. The molecule has 0 saturated carbocycles. The number of aryl methyl sites for hydroxylation is 2. The monoisotopic (exact) mass is 266 g/mol. The Labute approximate surface area is 117 Å². The third-order valence-electron chi connectivity index (χ3n) is 2.88. The molecule has 2 rings (SSSR count). The molecule has 0 bridgehead atoms. The van der Waals surface area contributed by atoms with Gasteiger partial charge in [-0.3, -0.25) is 4.79 Å². The van der Waals surface area contributed by atoms with E-state index in [1.807, 2.05) is 32.0 Å². The second-order valence-corrected chi connectivity index (χ2v) is 4.51. The highest BCUT2D eigenvalue weighted by Gasteiger charge is 2.09. The molecule has 2 aromatic rings. The van der Waals surface area contributed by atoms with Gasteiger partial charge in [-0.2, -0.15) is 5.26 Å². The smallest absolute Gasteiger partial charge is 0.217 e. The van der Waals surface area contributed by atoms with E-state index < -0.39 is 0 Å². The van der Waals surface area contributed by atoms with Crippen LogP contribution in [0.2, 0.25) is 0 Å². The van der Waals surface area contributed by atoms with Gasteiger partial charge in [0.1, 0.15) is 11.8 Å². The van der Waals surface area contributed by atoms with Crippen molar-refractivity contribution in [1.29, 1.82) is 5.26 Å². The second kappa shape index (κ2) is 5.98. The molecule has 1 aromatic carbocycles. The maximum Gasteiger partial charge on any atom is 0.217 e. The number of carbonyl (C=O) groups excluding carboxylic acids is 1. The first-order chi connectivity index (χ1) is 9.60. The minimum Gasteiger partial charge on any atom is -0.469 e. The molecule has 0 atom stereocenters. The minimum atomic E-state index is -0.117. The van der Waals surface area contributed by atoms with Crippen molar-refractivity contribution in [1.82, 2.24) is 4.98 Å². The first-order valence-electron chi connectivity index (χ1n) is 6.20. The molecule has 4 heteroatoms. The maximum absolute atomic E-state index is 12.0. The Kier molecular flexibility index (Phi) is 4.11. The Morgan fingerprint density at radius 2 is 1.90 bits per heavy atom. The predicted octanol–water partition coefficient (Wildman–Crippen LogP) is 2.83. The van der Waals surface area contributed by atoms with Gasteiger partial charge in [-0.1, -0.05) is 35.9 Å². The molecule has 100 valence electrons. The van der Waals surface area contributed by atoms with Crippen LogP contribution in [0, 0.1) is 25.2 Å². The summed E-state index contributed by atoms with van der Waals surface area (Å²) >= 11 is 0. The van der Waals surface area contributed by atoms with E-state index >= 15 is 0 Å². The number of ether oxygens (including phenoxy) is 1. The first kappa shape index (κ1) is 13.8. The van der Waals surface area contributed by atoms with Crippen LogP contribution in [0.3, 0.4) is 0 Å². The van der Waals surface area contributed by atoms with Crippen LogP contribution in [0.1, 0.15) is 27.2 Å². The Morgan fingerprint density at radius 1 is 1.20 bits per heavy atom. The van der Waals surface area contributed by atoms with Crippen LogP contribution < -0.4 is 4.74 Å². The molecule has 0 aliphatic rings. The largest absolute Gasteiger partial charge is 0.469 e. The van der Waals surface area contributed by atoms with E-state index in [4.69, 9.17) is 10.00 Å².